The predicted molar refractivity (Wildman–Crippen MR) is 76.1 cm³/mol. The van der Waals surface area contributed by atoms with Crippen LogP contribution in [0.2, 0.25) is 0 Å². The molecule has 0 heterocycles. The van der Waals surface area contributed by atoms with Crippen LogP contribution >= 0.6 is 0 Å². The van der Waals surface area contributed by atoms with Crippen LogP contribution in [-0.2, 0) is 11.3 Å². The van der Waals surface area contributed by atoms with Crippen LogP contribution in [0.15, 0.2) is 18.2 Å². The molecule has 19 heavy (non-hydrogen) atoms. The van der Waals surface area contributed by atoms with Gasteiger partial charge in [-0.3, -0.25) is 0 Å². The van der Waals surface area contributed by atoms with E-state index < -0.39 is 0 Å². The monoisotopic (exact) mass is 262 g/mol. The SMILES string of the molecule is CCCCCOCc1cc(OC)ccc1C#CCO. The summed E-state index contributed by atoms with van der Waals surface area (Å²) in [6.07, 6.45) is 3.46. The van der Waals surface area contributed by atoms with E-state index in [1.807, 2.05) is 18.2 Å². The highest BCUT2D eigenvalue weighted by atomic mass is 16.5. The molecule has 1 rings (SSSR count). The molecule has 0 unspecified atom stereocenters. The molecule has 0 atom stereocenters. The van der Waals surface area contributed by atoms with Crippen LogP contribution in [0.1, 0.15) is 37.3 Å². The molecule has 0 aliphatic carbocycles. The molecule has 0 spiro atoms. The number of hydrogen-bond acceptors (Lipinski definition) is 3. The summed E-state index contributed by atoms with van der Waals surface area (Å²) in [5.41, 5.74) is 1.88. The van der Waals surface area contributed by atoms with Crippen molar-refractivity contribution in [3.05, 3.63) is 29.3 Å². The van der Waals surface area contributed by atoms with Crippen molar-refractivity contribution in [2.75, 3.05) is 20.3 Å². The van der Waals surface area contributed by atoms with Gasteiger partial charge in [-0.2, -0.15) is 0 Å². The maximum atomic E-state index is 8.76. The average molecular weight is 262 g/mol. The first-order chi connectivity index (χ1) is 9.31. The Hall–Kier alpha value is -1.50. The number of unbranched alkanes of at least 4 members (excludes halogenated alkanes) is 2. The van der Waals surface area contributed by atoms with Gasteiger partial charge in [0.2, 0.25) is 0 Å². The quantitative estimate of drug-likeness (QED) is 0.606. The van der Waals surface area contributed by atoms with Crippen molar-refractivity contribution in [1.29, 1.82) is 0 Å². The molecule has 0 radical (unpaired) electrons. The zero-order valence-electron chi connectivity index (χ0n) is 11.7. The largest absolute Gasteiger partial charge is 0.497 e. The van der Waals surface area contributed by atoms with Crippen LogP contribution in [0, 0.1) is 11.8 Å². The summed E-state index contributed by atoms with van der Waals surface area (Å²) in [5.74, 6) is 6.39. The number of aliphatic hydroxyl groups excluding tert-OH is 1. The van der Waals surface area contributed by atoms with Gasteiger partial charge in [0, 0.05) is 12.2 Å². The summed E-state index contributed by atoms with van der Waals surface area (Å²) in [4.78, 5) is 0. The van der Waals surface area contributed by atoms with Gasteiger partial charge in [-0.15, -0.1) is 0 Å². The first kappa shape index (κ1) is 15.6. The van der Waals surface area contributed by atoms with E-state index in [9.17, 15) is 0 Å². The summed E-state index contributed by atoms with van der Waals surface area (Å²) in [6, 6.07) is 5.69. The lowest BCUT2D eigenvalue weighted by atomic mass is 10.1. The lowest BCUT2D eigenvalue weighted by Crippen LogP contribution is -1.99. The van der Waals surface area contributed by atoms with Crippen LogP contribution in [0.4, 0.5) is 0 Å². The van der Waals surface area contributed by atoms with Crippen molar-refractivity contribution in [3.63, 3.8) is 0 Å². The second-order valence-electron chi connectivity index (χ2n) is 4.24. The lowest BCUT2D eigenvalue weighted by molar-refractivity contribution is 0.117. The molecular weight excluding hydrogens is 240 g/mol. The molecule has 0 aromatic heterocycles. The minimum absolute atomic E-state index is 0.136. The predicted octanol–water partition coefficient (Wildman–Crippen LogP) is 2.75. The molecule has 0 amide bonds. The summed E-state index contributed by atoms with van der Waals surface area (Å²) < 4.78 is 10.9. The van der Waals surface area contributed by atoms with E-state index in [-0.39, 0.29) is 6.61 Å². The molecule has 0 saturated carbocycles. The molecule has 0 aliphatic rings. The Balaban J connectivity index is 2.66. The zero-order valence-corrected chi connectivity index (χ0v) is 11.7. The molecule has 1 aromatic carbocycles. The number of benzene rings is 1. The fourth-order valence-corrected chi connectivity index (χ4v) is 1.71. The Bertz CT molecular complexity index is 429. The Labute approximate surface area is 115 Å². The first-order valence-electron chi connectivity index (χ1n) is 6.66. The highest BCUT2D eigenvalue weighted by molar-refractivity contribution is 5.45. The Morgan fingerprint density at radius 3 is 2.79 bits per heavy atom. The molecule has 0 aliphatic heterocycles. The molecule has 1 aromatic rings. The topological polar surface area (TPSA) is 38.7 Å². The average Bonchev–Trinajstić information content (AvgIpc) is 2.45. The van der Waals surface area contributed by atoms with Gasteiger partial charge in [-0.05, 0) is 30.2 Å². The number of aliphatic hydroxyl groups is 1. The molecule has 1 N–H and O–H groups in total. The Kier molecular flexibility index (Phi) is 7.72. The third-order valence-electron chi connectivity index (χ3n) is 2.76. The molecule has 3 heteroatoms. The maximum absolute atomic E-state index is 8.76. The summed E-state index contributed by atoms with van der Waals surface area (Å²) in [7, 11) is 1.64. The fraction of sp³-hybridized carbons (Fsp3) is 0.500. The van der Waals surface area contributed by atoms with Gasteiger partial charge in [-0.25, -0.2) is 0 Å². The third kappa shape index (κ3) is 5.78. The van der Waals surface area contributed by atoms with E-state index in [0.29, 0.717) is 6.61 Å². The van der Waals surface area contributed by atoms with Crippen molar-refractivity contribution in [1.82, 2.24) is 0 Å². The number of methoxy groups -OCH3 is 1. The highest BCUT2D eigenvalue weighted by Gasteiger charge is 2.03. The summed E-state index contributed by atoms with van der Waals surface area (Å²) in [5, 5.41) is 8.76. The minimum atomic E-state index is -0.136. The van der Waals surface area contributed by atoms with Crippen molar-refractivity contribution in [2.24, 2.45) is 0 Å². The second-order valence-corrected chi connectivity index (χ2v) is 4.24. The number of hydrogen-bond donors (Lipinski definition) is 1. The Morgan fingerprint density at radius 2 is 2.11 bits per heavy atom. The highest BCUT2D eigenvalue weighted by Crippen LogP contribution is 2.18. The van der Waals surface area contributed by atoms with E-state index in [4.69, 9.17) is 14.6 Å². The van der Waals surface area contributed by atoms with Crippen LogP contribution < -0.4 is 4.74 Å². The zero-order chi connectivity index (χ0) is 13.9. The molecule has 3 nitrogen and oxygen atoms in total. The number of rotatable bonds is 7. The third-order valence-corrected chi connectivity index (χ3v) is 2.76. The van der Waals surface area contributed by atoms with E-state index in [2.05, 4.69) is 18.8 Å². The van der Waals surface area contributed by atoms with Crippen LogP contribution in [0.5, 0.6) is 5.75 Å². The van der Waals surface area contributed by atoms with Crippen molar-refractivity contribution >= 4 is 0 Å². The van der Waals surface area contributed by atoms with Crippen molar-refractivity contribution < 1.29 is 14.6 Å². The van der Waals surface area contributed by atoms with Gasteiger partial charge in [0.1, 0.15) is 12.4 Å². The lowest BCUT2D eigenvalue weighted by Gasteiger charge is -2.08. The Morgan fingerprint density at radius 1 is 1.26 bits per heavy atom. The molecule has 0 bridgehead atoms. The smallest absolute Gasteiger partial charge is 0.119 e. The van der Waals surface area contributed by atoms with Gasteiger partial charge in [0.25, 0.3) is 0 Å². The van der Waals surface area contributed by atoms with Crippen molar-refractivity contribution in [2.45, 2.75) is 32.8 Å². The normalized spacial score (nSPS) is 9.84. The molecule has 104 valence electrons. The summed E-state index contributed by atoms with van der Waals surface area (Å²) >= 11 is 0. The van der Waals surface area contributed by atoms with Crippen LogP contribution in [0.3, 0.4) is 0 Å². The van der Waals surface area contributed by atoms with E-state index in [1.165, 1.54) is 12.8 Å². The molecule has 0 saturated heterocycles. The van der Waals surface area contributed by atoms with Gasteiger partial charge < -0.3 is 14.6 Å². The maximum Gasteiger partial charge on any atom is 0.119 e. The van der Waals surface area contributed by atoms with Gasteiger partial charge in [0.05, 0.1) is 13.7 Å². The molecule has 0 fully saturated rings. The second kappa shape index (κ2) is 9.43. The van der Waals surface area contributed by atoms with E-state index in [0.717, 1.165) is 29.9 Å². The standard InChI is InChI=1S/C16H22O3/c1-3-4-5-11-19-13-15-12-16(18-2)9-8-14(15)7-6-10-17/h8-9,12,17H,3-5,10-11,13H2,1-2H3. The fourth-order valence-electron chi connectivity index (χ4n) is 1.71. The number of ether oxygens (including phenoxy) is 2. The van der Waals surface area contributed by atoms with E-state index >= 15 is 0 Å². The van der Waals surface area contributed by atoms with Gasteiger partial charge >= 0.3 is 0 Å². The molecular formula is C16H22O3. The van der Waals surface area contributed by atoms with Crippen LogP contribution in [0.25, 0.3) is 0 Å². The first-order valence-corrected chi connectivity index (χ1v) is 6.66. The van der Waals surface area contributed by atoms with Gasteiger partial charge in [0.15, 0.2) is 0 Å². The van der Waals surface area contributed by atoms with Crippen LogP contribution in [-0.4, -0.2) is 25.4 Å². The van der Waals surface area contributed by atoms with E-state index in [1.54, 1.807) is 7.11 Å². The summed E-state index contributed by atoms with van der Waals surface area (Å²) in [6.45, 7) is 3.32. The van der Waals surface area contributed by atoms with Crippen molar-refractivity contribution in [3.8, 4) is 17.6 Å². The minimum Gasteiger partial charge on any atom is -0.497 e. The van der Waals surface area contributed by atoms with Gasteiger partial charge in [-0.1, -0.05) is 31.6 Å².